The first-order valence-corrected chi connectivity index (χ1v) is 8.27. The Morgan fingerprint density at radius 2 is 1.85 bits per heavy atom. The molecule has 0 bridgehead atoms. The van der Waals surface area contributed by atoms with Gasteiger partial charge in [-0.15, -0.1) is 0 Å². The van der Waals surface area contributed by atoms with E-state index in [0.717, 1.165) is 29.2 Å². The molecular weight excluding hydrogens is 278 g/mol. The van der Waals surface area contributed by atoms with E-state index in [4.69, 9.17) is 0 Å². The van der Waals surface area contributed by atoms with E-state index in [1.54, 1.807) is 4.90 Å². The summed E-state index contributed by atoms with van der Waals surface area (Å²) in [6, 6.07) is -0.406. The SMILES string of the molecule is O=C(CN1C(=O)NC2(CCCC2)C1=O)N1CCSCC1. The number of hydrogen-bond acceptors (Lipinski definition) is 4. The van der Waals surface area contributed by atoms with E-state index < -0.39 is 11.6 Å². The summed E-state index contributed by atoms with van der Waals surface area (Å²) in [5.74, 6) is 1.52. The van der Waals surface area contributed by atoms with Gasteiger partial charge in [0.05, 0.1) is 0 Å². The Hall–Kier alpha value is -1.24. The molecule has 0 aromatic carbocycles. The van der Waals surface area contributed by atoms with Gasteiger partial charge in [0.15, 0.2) is 0 Å². The molecule has 0 aromatic rings. The number of rotatable bonds is 2. The van der Waals surface area contributed by atoms with E-state index in [0.29, 0.717) is 25.9 Å². The average molecular weight is 297 g/mol. The fourth-order valence-electron chi connectivity index (χ4n) is 3.19. The zero-order valence-electron chi connectivity index (χ0n) is 11.4. The molecule has 0 radical (unpaired) electrons. The number of imide groups is 1. The molecule has 110 valence electrons. The zero-order chi connectivity index (χ0) is 14.2. The fraction of sp³-hybridized carbons (Fsp3) is 0.769. The number of nitrogens with zero attached hydrogens (tertiary/aromatic N) is 2. The molecule has 7 heteroatoms. The van der Waals surface area contributed by atoms with Crippen molar-refractivity contribution in [1.82, 2.24) is 15.1 Å². The van der Waals surface area contributed by atoms with Gasteiger partial charge in [-0.1, -0.05) is 12.8 Å². The molecular formula is C13H19N3O3S. The zero-order valence-corrected chi connectivity index (χ0v) is 12.2. The standard InChI is InChI=1S/C13H19N3O3S/c17-10(15-5-7-20-8-6-15)9-16-11(18)13(14-12(16)19)3-1-2-4-13/h1-9H2,(H,14,19). The molecule has 0 unspecified atom stereocenters. The first-order chi connectivity index (χ1) is 9.62. The van der Waals surface area contributed by atoms with Gasteiger partial charge in [0.2, 0.25) is 5.91 Å². The van der Waals surface area contributed by atoms with Crippen molar-refractivity contribution in [1.29, 1.82) is 0 Å². The number of nitrogens with one attached hydrogen (secondary N) is 1. The van der Waals surface area contributed by atoms with Gasteiger partial charge in [0.25, 0.3) is 5.91 Å². The Bertz CT molecular complexity index is 442. The molecule has 2 aliphatic heterocycles. The largest absolute Gasteiger partial charge is 0.339 e. The summed E-state index contributed by atoms with van der Waals surface area (Å²) < 4.78 is 0. The highest BCUT2D eigenvalue weighted by Crippen LogP contribution is 2.34. The number of carbonyl (C=O) groups is 3. The smallest absolute Gasteiger partial charge is 0.325 e. The van der Waals surface area contributed by atoms with Crippen LogP contribution in [-0.4, -0.2) is 64.3 Å². The minimum Gasteiger partial charge on any atom is -0.339 e. The second kappa shape index (κ2) is 5.27. The molecule has 2 saturated heterocycles. The quantitative estimate of drug-likeness (QED) is 0.750. The van der Waals surface area contributed by atoms with Crippen molar-refractivity contribution in [2.45, 2.75) is 31.2 Å². The summed E-state index contributed by atoms with van der Waals surface area (Å²) in [4.78, 5) is 39.5. The van der Waals surface area contributed by atoms with Gasteiger partial charge in [-0.25, -0.2) is 4.79 Å². The summed E-state index contributed by atoms with van der Waals surface area (Å²) in [5.41, 5.74) is -0.713. The van der Waals surface area contributed by atoms with Crippen LogP contribution < -0.4 is 5.32 Å². The van der Waals surface area contributed by atoms with Crippen LogP contribution in [-0.2, 0) is 9.59 Å². The maximum absolute atomic E-state index is 12.4. The number of carbonyl (C=O) groups excluding carboxylic acids is 3. The van der Waals surface area contributed by atoms with E-state index in [1.807, 2.05) is 11.8 Å². The maximum Gasteiger partial charge on any atom is 0.325 e. The lowest BCUT2D eigenvalue weighted by atomic mass is 9.98. The van der Waals surface area contributed by atoms with E-state index in [1.165, 1.54) is 0 Å². The summed E-state index contributed by atoms with van der Waals surface area (Å²) >= 11 is 1.82. The van der Waals surface area contributed by atoms with Crippen LogP contribution >= 0.6 is 11.8 Å². The molecule has 1 N–H and O–H groups in total. The van der Waals surface area contributed by atoms with Crippen LogP contribution in [0, 0.1) is 0 Å². The lowest BCUT2D eigenvalue weighted by Gasteiger charge is -2.28. The number of hydrogen-bond donors (Lipinski definition) is 1. The predicted octanol–water partition coefficient (Wildman–Crippen LogP) is 0.426. The van der Waals surface area contributed by atoms with Crippen LogP contribution in [0.15, 0.2) is 0 Å². The van der Waals surface area contributed by atoms with Crippen molar-refractivity contribution >= 4 is 29.6 Å². The van der Waals surface area contributed by atoms with Gasteiger partial charge in [-0.3, -0.25) is 14.5 Å². The third-order valence-electron chi connectivity index (χ3n) is 4.36. The third-order valence-corrected chi connectivity index (χ3v) is 5.30. The first-order valence-electron chi connectivity index (χ1n) is 7.12. The summed E-state index contributed by atoms with van der Waals surface area (Å²) in [6.07, 6.45) is 3.31. The molecule has 0 aromatic heterocycles. The van der Waals surface area contributed by atoms with Crippen LogP contribution in [0.4, 0.5) is 4.79 Å². The van der Waals surface area contributed by atoms with Crippen molar-refractivity contribution in [3.8, 4) is 0 Å². The molecule has 20 heavy (non-hydrogen) atoms. The Morgan fingerprint density at radius 3 is 2.50 bits per heavy atom. The molecule has 3 fully saturated rings. The van der Waals surface area contributed by atoms with E-state index in [-0.39, 0.29) is 18.4 Å². The Morgan fingerprint density at radius 1 is 1.20 bits per heavy atom. The van der Waals surface area contributed by atoms with Gasteiger partial charge in [0, 0.05) is 24.6 Å². The van der Waals surface area contributed by atoms with Gasteiger partial charge >= 0.3 is 6.03 Å². The van der Waals surface area contributed by atoms with Gasteiger partial charge in [0.1, 0.15) is 12.1 Å². The van der Waals surface area contributed by atoms with E-state index in [9.17, 15) is 14.4 Å². The second-order valence-corrected chi connectivity index (χ2v) is 6.83. The van der Waals surface area contributed by atoms with Gasteiger partial charge in [-0.05, 0) is 12.8 Å². The second-order valence-electron chi connectivity index (χ2n) is 5.60. The summed E-state index contributed by atoms with van der Waals surface area (Å²) in [7, 11) is 0. The number of amides is 4. The van der Waals surface area contributed by atoms with Crippen LogP contribution in [0.2, 0.25) is 0 Å². The first kappa shape index (κ1) is 13.7. The van der Waals surface area contributed by atoms with E-state index >= 15 is 0 Å². The van der Waals surface area contributed by atoms with Crippen LogP contribution in [0.25, 0.3) is 0 Å². The van der Waals surface area contributed by atoms with Gasteiger partial charge < -0.3 is 10.2 Å². The van der Waals surface area contributed by atoms with Crippen molar-refractivity contribution in [3.63, 3.8) is 0 Å². The Kier molecular flexibility index (Phi) is 3.62. The molecule has 1 spiro atoms. The lowest BCUT2D eigenvalue weighted by Crippen LogP contribution is -2.47. The van der Waals surface area contributed by atoms with Crippen molar-refractivity contribution in [3.05, 3.63) is 0 Å². The van der Waals surface area contributed by atoms with Crippen molar-refractivity contribution in [2.75, 3.05) is 31.1 Å². The van der Waals surface area contributed by atoms with Crippen LogP contribution in [0.1, 0.15) is 25.7 Å². The molecule has 6 nitrogen and oxygen atoms in total. The molecule has 2 heterocycles. The highest BCUT2D eigenvalue weighted by atomic mass is 32.2. The molecule has 0 atom stereocenters. The van der Waals surface area contributed by atoms with Crippen molar-refractivity contribution < 1.29 is 14.4 Å². The monoisotopic (exact) mass is 297 g/mol. The van der Waals surface area contributed by atoms with Crippen LogP contribution in [0.3, 0.4) is 0 Å². The topological polar surface area (TPSA) is 69.7 Å². The third kappa shape index (κ3) is 2.28. The highest BCUT2D eigenvalue weighted by molar-refractivity contribution is 7.99. The maximum atomic E-state index is 12.4. The Labute approximate surface area is 122 Å². The fourth-order valence-corrected chi connectivity index (χ4v) is 4.09. The average Bonchev–Trinajstić information content (AvgIpc) is 3.01. The summed E-state index contributed by atoms with van der Waals surface area (Å²) in [5, 5.41) is 2.80. The highest BCUT2D eigenvalue weighted by Gasteiger charge is 2.52. The van der Waals surface area contributed by atoms with Gasteiger partial charge in [-0.2, -0.15) is 11.8 Å². The molecule has 1 aliphatic carbocycles. The number of urea groups is 1. The molecule has 3 aliphatic rings. The minimum absolute atomic E-state index is 0.114. The summed E-state index contributed by atoms with van der Waals surface area (Å²) in [6.45, 7) is 1.30. The predicted molar refractivity (Wildman–Crippen MR) is 75.3 cm³/mol. The number of thioether (sulfide) groups is 1. The molecule has 3 rings (SSSR count). The van der Waals surface area contributed by atoms with E-state index in [2.05, 4.69) is 5.32 Å². The lowest BCUT2D eigenvalue weighted by molar-refractivity contribution is -0.138. The van der Waals surface area contributed by atoms with Crippen molar-refractivity contribution in [2.24, 2.45) is 0 Å². The van der Waals surface area contributed by atoms with Crippen LogP contribution in [0.5, 0.6) is 0 Å². The molecule has 4 amide bonds. The minimum atomic E-state index is -0.713. The normalized spacial score (nSPS) is 25.4. The Balaban J connectivity index is 1.66. The molecule has 1 saturated carbocycles.